The first kappa shape index (κ1) is 15.5. The van der Waals surface area contributed by atoms with Crippen LogP contribution in [0.3, 0.4) is 0 Å². The number of aromatic nitrogens is 2. The Morgan fingerprint density at radius 1 is 1.26 bits per heavy atom. The minimum Gasteiger partial charge on any atom is -0.344 e. The lowest BCUT2D eigenvalue weighted by Crippen LogP contribution is -2.33. The minimum absolute atomic E-state index is 0.0112. The third kappa shape index (κ3) is 3.67. The highest BCUT2D eigenvalue weighted by Crippen LogP contribution is 2.41. The molecule has 23 heavy (non-hydrogen) atoms. The molecule has 2 aromatic rings. The minimum atomic E-state index is -0.226. The number of rotatable bonds is 6. The third-order valence-corrected chi connectivity index (χ3v) is 4.07. The number of nitrogens with one attached hydrogen (secondary N) is 1. The molecule has 0 bridgehead atoms. The van der Waals surface area contributed by atoms with Crippen LogP contribution in [0.1, 0.15) is 48.3 Å². The lowest BCUT2D eigenvalue weighted by atomic mass is 10.0. The number of aryl methyl sites for hydroxylation is 1. The largest absolute Gasteiger partial charge is 0.344 e. The van der Waals surface area contributed by atoms with Crippen LogP contribution >= 0.6 is 0 Å². The molecule has 0 saturated heterocycles. The number of amides is 1. The second-order valence-corrected chi connectivity index (χ2v) is 5.98. The van der Waals surface area contributed by atoms with Gasteiger partial charge in [-0.15, -0.1) is 0 Å². The first-order valence-electron chi connectivity index (χ1n) is 8.13. The van der Waals surface area contributed by atoms with Crippen molar-refractivity contribution in [3.63, 3.8) is 0 Å². The molecule has 3 rings (SSSR count). The Morgan fingerprint density at radius 3 is 2.65 bits per heavy atom. The molecule has 120 valence electrons. The van der Waals surface area contributed by atoms with Gasteiger partial charge in [0.1, 0.15) is 5.69 Å². The predicted octanol–water partition coefficient (Wildman–Crippen LogP) is 2.53. The first-order chi connectivity index (χ1) is 11.2. The van der Waals surface area contributed by atoms with Gasteiger partial charge in [0.2, 0.25) is 0 Å². The molecule has 0 unspecified atom stereocenters. The Labute approximate surface area is 135 Å². The molecule has 1 aliphatic rings. The summed E-state index contributed by atoms with van der Waals surface area (Å²) < 4.78 is 1.35. The summed E-state index contributed by atoms with van der Waals surface area (Å²) in [6.45, 7) is 2.49. The van der Waals surface area contributed by atoms with E-state index in [0.717, 1.165) is 24.8 Å². The van der Waals surface area contributed by atoms with Crippen molar-refractivity contribution in [1.82, 2.24) is 15.1 Å². The fourth-order valence-corrected chi connectivity index (χ4v) is 2.72. The molecular formula is C18H21N3O2. The number of benzene rings is 1. The van der Waals surface area contributed by atoms with Crippen molar-refractivity contribution in [2.75, 3.05) is 0 Å². The maximum atomic E-state index is 12.5. The molecule has 1 atom stereocenters. The van der Waals surface area contributed by atoms with Gasteiger partial charge in [0, 0.05) is 12.6 Å². The summed E-state index contributed by atoms with van der Waals surface area (Å²) in [7, 11) is 0. The lowest BCUT2D eigenvalue weighted by molar-refractivity contribution is 0.0924. The van der Waals surface area contributed by atoms with Crippen molar-refractivity contribution in [2.24, 2.45) is 5.92 Å². The normalized spacial score (nSPS) is 15.2. The topological polar surface area (TPSA) is 64.0 Å². The van der Waals surface area contributed by atoms with Gasteiger partial charge < -0.3 is 5.32 Å². The van der Waals surface area contributed by atoms with Crippen LogP contribution in [0.25, 0.3) is 0 Å². The molecule has 1 aromatic heterocycles. The summed E-state index contributed by atoms with van der Waals surface area (Å²) in [6.07, 6.45) is 3.05. The highest BCUT2D eigenvalue weighted by atomic mass is 16.2. The quantitative estimate of drug-likeness (QED) is 0.891. The van der Waals surface area contributed by atoms with Gasteiger partial charge in [-0.2, -0.15) is 5.10 Å². The molecule has 0 aliphatic heterocycles. The van der Waals surface area contributed by atoms with Crippen molar-refractivity contribution < 1.29 is 4.79 Å². The summed E-state index contributed by atoms with van der Waals surface area (Å²) in [6, 6.07) is 12.9. The molecule has 5 nitrogen and oxygen atoms in total. The molecule has 0 radical (unpaired) electrons. The van der Waals surface area contributed by atoms with Crippen molar-refractivity contribution in [3.05, 3.63) is 64.1 Å². The van der Waals surface area contributed by atoms with E-state index in [1.807, 2.05) is 37.3 Å². The maximum absolute atomic E-state index is 12.5. The number of carbonyl (C=O) groups excluding carboxylic acids is 1. The lowest BCUT2D eigenvalue weighted by Gasteiger charge is -2.18. The van der Waals surface area contributed by atoms with Crippen molar-refractivity contribution in [2.45, 2.75) is 38.8 Å². The molecule has 1 aromatic carbocycles. The SMILES string of the molecule is CCCn1nc(C(=O)N[C@@H](c2ccccc2)C2CC2)ccc1=O. The summed E-state index contributed by atoms with van der Waals surface area (Å²) >= 11 is 0. The molecule has 1 saturated carbocycles. The van der Waals surface area contributed by atoms with E-state index in [-0.39, 0.29) is 17.5 Å². The highest BCUT2D eigenvalue weighted by molar-refractivity contribution is 5.92. The second-order valence-electron chi connectivity index (χ2n) is 5.98. The average Bonchev–Trinajstić information content (AvgIpc) is 3.40. The van der Waals surface area contributed by atoms with Gasteiger partial charge in [-0.05, 0) is 36.8 Å². The van der Waals surface area contributed by atoms with E-state index < -0.39 is 0 Å². The average molecular weight is 311 g/mol. The van der Waals surface area contributed by atoms with Gasteiger partial charge in [0.15, 0.2) is 0 Å². The Kier molecular flexibility index (Phi) is 4.55. The highest BCUT2D eigenvalue weighted by Gasteiger charge is 2.33. The van der Waals surface area contributed by atoms with Crippen LogP contribution in [0.5, 0.6) is 0 Å². The van der Waals surface area contributed by atoms with E-state index in [2.05, 4.69) is 10.4 Å². The number of nitrogens with zero attached hydrogens (tertiary/aromatic N) is 2. The van der Waals surface area contributed by atoms with E-state index in [0.29, 0.717) is 18.2 Å². The zero-order chi connectivity index (χ0) is 16.2. The zero-order valence-electron chi connectivity index (χ0n) is 13.2. The molecule has 1 aliphatic carbocycles. The summed E-state index contributed by atoms with van der Waals surface area (Å²) in [4.78, 5) is 24.3. The zero-order valence-corrected chi connectivity index (χ0v) is 13.2. The molecule has 1 N–H and O–H groups in total. The summed E-state index contributed by atoms with van der Waals surface area (Å²) in [5, 5.41) is 7.26. The Bertz CT molecular complexity index is 735. The second kappa shape index (κ2) is 6.77. The van der Waals surface area contributed by atoms with Crippen LogP contribution in [0, 0.1) is 5.92 Å². The fourth-order valence-electron chi connectivity index (χ4n) is 2.72. The van der Waals surface area contributed by atoms with Crippen LogP contribution in [0.4, 0.5) is 0 Å². The summed E-state index contributed by atoms with van der Waals surface area (Å²) in [5.41, 5.74) is 1.23. The Balaban J connectivity index is 1.80. The van der Waals surface area contributed by atoms with Crippen molar-refractivity contribution in [1.29, 1.82) is 0 Å². The Hall–Kier alpha value is -2.43. The monoisotopic (exact) mass is 311 g/mol. The standard InChI is InChI=1S/C18H21N3O2/c1-2-12-21-16(22)11-10-15(20-21)18(23)19-17(14-8-9-14)13-6-4-3-5-7-13/h3-7,10-11,14,17H,2,8-9,12H2,1H3,(H,19,23)/t17-/m0/s1. The molecule has 5 heteroatoms. The van der Waals surface area contributed by atoms with Crippen molar-refractivity contribution in [3.8, 4) is 0 Å². The van der Waals surface area contributed by atoms with Gasteiger partial charge in [0.25, 0.3) is 11.5 Å². The van der Waals surface area contributed by atoms with Crippen LogP contribution in [-0.2, 0) is 6.54 Å². The number of hydrogen-bond donors (Lipinski definition) is 1. The third-order valence-electron chi connectivity index (χ3n) is 4.07. The number of carbonyl (C=O) groups is 1. The van der Waals surface area contributed by atoms with Crippen LogP contribution < -0.4 is 10.9 Å². The molecule has 1 amide bonds. The predicted molar refractivity (Wildman–Crippen MR) is 88.2 cm³/mol. The van der Waals surface area contributed by atoms with Gasteiger partial charge in [0.05, 0.1) is 6.04 Å². The van der Waals surface area contributed by atoms with E-state index in [1.54, 1.807) is 0 Å². The molecular weight excluding hydrogens is 290 g/mol. The smallest absolute Gasteiger partial charge is 0.272 e. The van der Waals surface area contributed by atoms with E-state index in [9.17, 15) is 9.59 Å². The van der Waals surface area contributed by atoms with E-state index in [4.69, 9.17) is 0 Å². The fraction of sp³-hybridized carbons (Fsp3) is 0.389. The summed E-state index contributed by atoms with van der Waals surface area (Å²) in [5.74, 6) is 0.263. The van der Waals surface area contributed by atoms with Crippen LogP contribution in [0.2, 0.25) is 0 Å². The van der Waals surface area contributed by atoms with Gasteiger partial charge in [-0.1, -0.05) is 37.3 Å². The number of hydrogen-bond acceptors (Lipinski definition) is 3. The van der Waals surface area contributed by atoms with E-state index in [1.165, 1.54) is 16.8 Å². The Morgan fingerprint density at radius 2 is 2.00 bits per heavy atom. The van der Waals surface area contributed by atoms with Crippen LogP contribution in [0.15, 0.2) is 47.3 Å². The van der Waals surface area contributed by atoms with Crippen LogP contribution in [-0.4, -0.2) is 15.7 Å². The molecule has 0 spiro atoms. The van der Waals surface area contributed by atoms with Gasteiger partial charge in [-0.3, -0.25) is 9.59 Å². The van der Waals surface area contributed by atoms with Crippen molar-refractivity contribution >= 4 is 5.91 Å². The van der Waals surface area contributed by atoms with E-state index >= 15 is 0 Å². The van der Waals surface area contributed by atoms with Gasteiger partial charge >= 0.3 is 0 Å². The first-order valence-corrected chi connectivity index (χ1v) is 8.13. The van der Waals surface area contributed by atoms with Gasteiger partial charge in [-0.25, -0.2) is 4.68 Å². The maximum Gasteiger partial charge on any atom is 0.272 e. The molecule has 1 fully saturated rings. The molecule has 1 heterocycles.